The van der Waals surface area contributed by atoms with Crippen LogP contribution >= 0.6 is 12.6 Å². The second kappa shape index (κ2) is 10.1. The summed E-state index contributed by atoms with van der Waals surface area (Å²) in [5.41, 5.74) is -1.94. The number of rotatable bonds is 3. The van der Waals surface area contributed by atoms with E-state index in [1.807, 2.05) is 39.7 Å². The zero-order chi connectivity index (χ0) is 20.7. The van der Waals surface area contributed by atoms with Gasteiger partial charge in [-0.2, -0.15) is 30.9 Å². The molecule has 9 heteroatoms. The van der Waals surface area contributed by atoms with Crippen molar-refractivity contribution in [2.75, 3.05) is 7.05 Å². The van der Waals surface area contributed by atoms with Gasteiger partial charge in [0.15, 0.2) is 0 Å². The smallest absolute Gasteiger partial charge is 0.312 e. The van der Waals surface area contributed by atoms with Crippen LogP contribution in [0.5, 0.6) is 0 Å². The van der Waals surface area contributed by atoms with E-state index in [-0.39, 0.29) is 28.7 Å². The van der Waals surface area contributed by atoms with Gasteiger partial charge >= 0.3 is 6.18 Å². The van der Waals surface area contributed by atoms with Crippen LogP contribution in [0.15, 0.2) is 4.79 Å². The Labute approximate surface area is 157 Å². The fourth-order valence-corrected chi connectivity index (χ4v) is 2.27. The van der Waals surface area contributed by atoms with Gasteiger partial charge < -0.3 is 10.1 Å². The number of H-pyrrole nitrogens is 1. The summed E-state index contributed by atoms with van der Waals surface area (Å²) in [6.07, 6.45) is -2.94. The Bertz CT molecular complexity index is 640. The number of thiol groups is 1. The minimum atomic E-state index is -4.62. The highest BCUT2D eigenvalue weighted by Crippen LogP contribution is 2.36. The van der Waals surface area contributed by atoms with Crippen LogP contribution in [-0.4, -0.2) is 28.3 Å². The van der Waals surface area contributed by atoms with Gasteiger partial charge in [-0.1, -0.05) is 34.6 Å². The molecule has 26 heavy (non-hydrogen) atoms. The van der Waals surface area contributed by atoms with Gasteiger partial charge in [0, 0.05) is 10.7 Å². The van der Waals surface area contributed by atoms with Crippen LogP contribution in [0.4, 0.5) is 13.2 Å². The molecule has 2 rings (SSSR count). The van der Waals surface area contributed by atoms with E-state index in [0.717, 1.165) is 6.29 Å². The molecule has 0 saturated carbocycles. The van der Waals surface area contributed by atoms with Gasteiger partial charge in [0.25, 0.3) is 5.56 Å². The Kier molecular flexibility index (Phi) is 9.58. The Hall–Kier alpha value is -1.35. The zero-order valence-electron chi connectivity index (χ0n) is 16.0. The van der Waals surface area contributed by atoms with E-state index in [2.05, 4.69) is 23.0 Å². The predicted octanol–water partition coefficient (Wildman–Crippen LogP) is 3.55. The fraction of sp³-hybridized carbons (Fsp3) is 0.706. The SMILES string of the molecule is CC.CC(C=O)C(C)(C)S.CNC1CCc2c1n[nH]c(=O)c2C(F)(F)F. The zero-order valence-corrected chi connectivity index (χ0v) is 16.9. The Balaban J connectivity index is 0.000000533. The number of hydrogen-bond acceptors (Lipinski definition) is 5. The minimum Gasteiger partial charge on any atom is -0.312 e. The first-order valence-corrected chi connectivity index (χ1v) is 8.91. The number of aldehydes is 1. The number of carbonyl (C=O) groups excluding carboxylic acids is 1. The van der Waals surface area contributed by atoms with Crippen LogP contribution in [0.1, 0.15) is 63.9 Å². The van der Waals surface area contributed by atoms with Crippen molar-refractivity contribution in [3.63, 3.8) is 0 Å². The van der Waals surface area contributed by atoms with Crippen molar-refractivity contribution in [3.8, 4) is 0 Å². The highest BCUT2D eigenvalue weighted by Gasteiger charge is 2.40. The summed E-state index contributed by atoms with van der Waals surface area (Å²) in [4.78, 5) is 21.3. The lowest BCUT2D eigenvalue weighted by molar-refractivity contribution is -0.139. The van der Waals surface area contributed by atoms with Gasteiger partial charge in [-0.3, -0.25) is 4.79 Å². The molecule has 0 aliphatic heterocycles. The summed E-state index contributed by atoms with van der Waals surface area (Å²) in [5.74, 6) is 0.0332. The topological polar surface area (TPSA) is 74.8 Å². The predicted molar refractivity (Wildman–Crippen MR) is 99.6 cm³/mol. The normalized spacial score (nSPS) is 17.2. The van der Waals surface area contributed by atoms with E-state index in [9.17, 15) is 22.8 Å². The van der Waals surface area contributed by atoms with Crippen LogP contribution in [0, 0.1) is 5.92 Å². The van der Waals surface area contributed by atoms with Crippen molar-refractivity contribution >= 4 is 18.9 Å². The molecular formula is C17H28F3N3O2S. The van der Waals surface area contributed by atoms with E-state index in [1.54, 1.807) is 7.05 Å². The second-order valence-corrected chi connectivity index (χ2v) is 7.40. The molecule has 1 aromatic heterocycles. The van der Waals surface area contributed by atoms with Crippen molar-refractivity contribution in [2.24, 2.45) is 5.92 Å². The first kappa shape index (κ1) is 24.7. The average Bonchev–Trinajstić information content (AvgIpc) is 2.96. The molecule has 5 nitrogen and oxygen atoms in total. The van der Waals surface area contributed by atoms with Gasteiger partial charge in [0.2, 0.25) is 0 Å². The average molecular weight is 395 g/mol. The highest BCUT2D eigenvalue weighted by molar-refractivity contribution is 7.81. The molecule has 0 fully saturated rings. The number of fused-ring (bicyclic) bond motifs is 1. The molecule has 0 amide bonds. The summed E-state index contributed by atoms with van der Waals surface area (Å²) < 4.78 is 37.8. The third-order valence-corrected chi connectivity index (χ3v) is 4.49. The van der Waals surface area contributed by atoms with E-state index in [4.69, 9.17) is 0 Å². The molecule has 1 heterocycles. The lowest BCUT2D eigenvalue weighted by atomic mass is 9.99. The highest BCUT2D eigenvalue weighted by atomic mass is 32.1. The summed E-state index contributed by atoms with van der Waals surface area (Å²) in [5, 5.41) is 8.46. The second-order valence-electron chi connectivity index (χ2n) is 6.25. The summed E-state index contributed by atoms with van der Waals surface area (Å²) in [6.45, 7) is 9.71. The van der Waals surface area contributed by atoms with Crippen LogP contribution in [0.2, 0.25) is 0 Å². The molecule has 0 bridgehead atoms. The molecule has 2 N–H and O–H groups in total. The molecule has 150 valence electrons. The lowest BCUT2D eigenvalue weighted by Gasteiger charge is -2.20. The van der Waals surface area contributed by atoms with Crippen LogP contribution in [0.25, 0.3) is 0 Å². The molecule has 0 spiro atoms. The molecule has 2 atom stereocenters. The van der Waals surface area contributed by atoms with Gasteiger partial charge in [0.1, 0.15) is 11.8 Å². The fourth-order valence-electron chi connectivity index (χ4n) is 2.21. The summed E-state index contributed by atoms with van der Waals surface area (Å²) in [6, 6.07) is -0.215. The van der Waals surface area contributed by atoms with Crippen LogP contribution in [-0.2, 0) is 17.4 Å². The van der Waals surface area contributed by atoms with Crippen LogP contribution in [0.3, 0.4) is 0 Å². The molecule has 0 saturated heterocycles. The standard InChI is InChI=1S/C9H10F3N3O.C6H12OS.C2H6/c1-13-5-3-2-4-6(9(10,11)12)8(16)15-14-7(4)5;1-5(4-7)6(2,3)8;1-2/h5,13H,2-3H2,1H3,(H,15,16);4-5,8H,1-3H3;1-2H3. The van der Waals surface area contributed by atoms with Crippen molar-refractivity contribution < 1.29 is 18.0 Å². The first-order chi connectivity index (χ1) is 11.9. The minimum absolute atomic E-state index is 0.0237. The Morgan fingerprint density at radius 2 is 1.88 bits per heavy atom. The third kappa shape index (κ3) is 6.42. The van der Waals surface area contributed by atoms with Gasteiger partial charge in [-0.25, -0.2) is 5.10 Å². The van der Waals surface area contributed by atoms with Crippen molar-refractivity contribution in [1.29, 1.82) is 0 Å². The largest absolute Gasteiger partial charge is 0.422 e. The molecule has 2 unspecified atom stereocenters. The maximum atomic E-state index is 12.7. The molecular weight excluding hydrogens is 367 g/mol. The number of halogens is 3. The molecule has 1 aromatic rings. The number of nitrogens with zero attached hydrogens (tertiary/aromatic N) is 1. The van der Waals surface area contributed by atoms with Crippen molar-refractivity contribution in [3.05, 3.63) is 27.2 Å². The van der Waals surface area contributed by atoms with Crippen molar-refractivity contribution in [2.45, 2.75) is 64.4 Å². The molecule has 1 aliphatic carbocycles. The molecule has 0 radical (unpaired) electrons. The van der Waals surface area contributed by atoms with E-state index >= 15 is 0 Å². The Morgan fingerprint density at radius 1 is 1.35 bits per heavy atom. The number of nitrogens with one attached hydrogen (secondary N) is 2. The van der Waals surface area contributed by atoms with Gasteiger partial charge in [-0.05, 0) is 25.5 Å². The van der Waals surface area contributed by atoms with Gasteiger partial charge in [0.05, 0.1) is 11.7 Å². The van der Waals surface area contributed by atoms with E-state index in [0.29, 0.717) is 12.1 Å². The van der Waals surface area contributed by atoms with E-state index in [1.165, 1.54) is 0 Å². The van der Waals surface area contributed by atoms with Crippen molar-refractivity contribution in [1.82, 2.24) is 15.5 Å². The lowest BCUT2D eigenvalue weighted by Crippen LogP contribution is -2.26. The number of carbonyl (C=O) groups is 1. The van der Waals surface area contributed by atoms with Crippen LogP contribution < -0.4 is 10.9 Å². The number of alkyl halides is 3. The maximum absolute atomic E-state index is 12.7. The number of hydrogen-bond donors (Lipinski definition) is 3. The Morgan fingerprint density at radius 3 is 2.23 bits per heavy atom. The molecule has 1 aliphatic rings. The third-order valence-electron chi connectivity index (χ3n) is 4.08. The monoisotopic (exact) mass is 395 g/mol. The summed E-state index contributed by atoms with van der Waals surface area (Å²) in [7, 11) is 1.65. The summed E-state index contributed by atoms with van der Waals surface area (Å²) >= 11 is 4.20. The number of aromatic nitrogens is 2. The maximum Gasteiger partial charge on any atom is 0.422 e. The first-order valence-electron chi connectivity index (χ1n) is 8.47. The quantitative estimate of drug-likeness (QED) is 0.540. The number of aromatic amines is 1. The van der Waals surface area contributed by atoms with Gasteiger partial charge in [-0.15, -0.1) is 0 Å². The van der Waals surface area contributed by atoms with E-state index < -0.39 is 17.3 Å². The molecule has 0 aromatic carbocycles.